The summed E-state index contributed by atoms with van der Waals surface area (Å²) in [6.45, 7) is 3.55. The number of methoxy groups -OCH3 is 1. The number of phenols is 1. The van der Waals surface area contributed by atoms with Crippen LogP contribution in [0.5, 0.6) is 5.75 Å². The Kier molecular flexibility index (Phi) is 7.96. The molecule has 1 rings (SSSR count). The van der Waals surface area contributed by atoms with Crippen molar-refractivity contribution in [2.45, 2.75) is 0 Å². The zero-order valence-electron chi connectivity index (χ0n) is 10.7. The van der Waals surface area contributed by atoms with Crippen molar-refractivity contribution in [1.29, 1.82) is 0 Å². The van der Waals surface area contributed by atoms with Gasteiger partial charge in [-0.1, -0.05) is 12.1 Å². The number of rotatable bonds is 10. The molecule has 18 heavy (non-hydrogen) atoms. The third-order valence-electron chi connectivity index (χ3n) is 2.27. The van der Waals surface area contributed by atoms with E-state index in [1.54, 1.807) is 19.2 Å². The van der Waals surface area contributed by atoms with Gasteiger partial charge in [0.1, 0.15) is 5.75 Å². The molecule has 0 spiro atoms. The lowest BCUT2D eigenvalue weighted by molar-refractivity contribution is 0.0272. The molecule has 0 saturated heterocycles. The van der Waals surface area contributed by atoms with Crippen LogP contribution in [0, 0.1) is 0 Å². The minimum absolute atomic E-state index is 0.250. The number of hydrogen-bond acceptors (Lipinski definition) is 5. The summed E-state index contributed by atoms with van der Waals surface area (Å²) in [4.78, 5) is 0. The van der Waals surface area contributed by atoms with Crippen LogP contribution in [0.3, 0.4) is 0 Å². The minimum atomic E-state index is 0.250. The maximum absolute atomic E-state index is 9.50. The van der Waals surface area contributed by atoms with Crippen LogP contribution in [0.15, 0.2) is 24.3 Å². The summed E-state index contributed by atoms with van der Waals surface area (Å²) in [7, 11) is 1.64. The van der Waals surface area contributed by atoms with Gasteiger partial charge in [-0.05, 0) is 12.1 Å². The fraction of sp³-hybridized carbons (Fsp3) is 0.538. The Labute approximate surface area is 108 Å². The van der Waals surface area contributed by atoms with E-state index < -0.39 is 0 Å². The van der Waals surface area contributed by atoms with E-state index in [9.17, 15) is 5.11 Å². The Morgan fingerprint density at radius 1 is 1.00 bits per heavy atom. The first kappa shape index (κ1) is 14.8. The maximum Gasteiger partial charge on any atom is 0.138 e. The molecule has 0 radical (unpaired) electrons. The van der Waals surface area contributed by atoms with E-state index in [4.69, 9.17) is 14.2 Å². The van der Waals surface area contributed by atoms with Gasteiger partial charge in [0.05, 0.1) is 38.7 Å². The van der Waals surface area contributed by atoms with Gasteiger partial charge in [-0.3, -0.25) is 0 Å². The Bertz CT molecular complexity index is 320. The molecule has 1 aromatic rings. The molecule has 1 aromatic carbocycles. The molecule has 102 valence electrons. The van der Waals surface area contributed by atoms with Crippen molar-refractivity contribution in [3.05, 3.63) is 24.3 Å². The highest BCUT2D eigenvalue weighted by atomic mass is 16.5. The maximum atomic E-state index is 9.50. The Morgan fingerprint density at radius 3 is 2.39 bits per heavy atom. The molecule has 0 aliphatic carbocycles. The lowest BCUT2D eigenvalue weighted by Gasteiger charge is -2.09. The van der Waals surface area contributed by atoms with Crippen molar-refractivity contribution in [2.75, 3.05) is 52.0 Å². The number of benzene rings is 1. The van der Waals surface area contributed by atoms with Crippen LogP contribution in [0.2, 0.25) is 0 Å². The number of para-hydroxylation sites is 2. The number of anilines is 1. The van der Waals surface area contributed by atoms with Gasteiger partial charge >= 0.3 is 0 Å². The van der Waals surface area contributed by atoms with E-state index >= 15 is 0 Å². The fourth-order valence-corrected chi connectivity index (χ4v) is 1.35. The van der Waals surface area contributed by atoms with Crippen molar-refractivity contribution < 1.29 is 19.3 Å². The average Bonchev–Trinajstić information content (AvgIpc) is 2.39. The van der Waals surface area contributed by atoms with Crippen LogP contribution in [-0.4, -0.2) is 51.8 Å². The number of ether oxygens (including phenoxy) is 3. The number of nitrogens with one attached hydrogen (secondary N) is 1. The van der Waals surface area contributed by atoms with E-state index in [-0.39, 0.29) is 5.75 Å². The first-order valence-corrected chi connectivity index (χ1v) is 6.01. The monoisotopic (exact) mass is 255 g/mol. The normalized spacial score (nSPS) is 10.5. The summed E-state index contributed by atoms with van der Waals surface area (Å²) in [5.41, 5.74) is 0.720. The standard InChI is InChI=1S/C13H21NO4/c1-16-8-9-18-11-10-17-7-6-14-12-4-2-3-5-13(12)15/h2-5,14-15H,6-11H2,1H3. The molecule has 0 atom stereocenters. The molecular weight excluding hydrogens is 234 g/mol. The van der Waals surface area contributed by atoms with Crippen molar-refractivity contribution in [3.8, 4) is 5.75 Å². The van der Waals surface area contributed by atoms with Gasteiger partial charge in [0.2, 0.25) is 0 Å². The van der Waals surface area contributed by atoms with Crippen molar-refractivity contribution in [1.82, 2.24) is 0 Å². The first-order chi connectivity index (χ1) is 8.84. The third kappa shape index (κ3) is 6.44. The minimum Gasteiger partial charge on any atom is -0.506 e. The molecule has 0 amide bonds. The zero-order chi connectivity index (χ0) is 13.1. The average molecular weight is 255 g/mol. The van der Waals surface area contributed by atoms with E-state index in [0.29, 0.717) is 39.6 Å². The number of hydrogen-bond donors (Lipinski definition) is 2. The van der Waals surface area contributed by atoms with Crippen LogP contribution < -0.4 is 5.32 Å². The molecule has 2 N–H and O–H groups in total. The first-order valence-electron chi connectivity index (χ1n) is 6.01. The predicted octanol–water partition coefficient (Wildman–Crippen LogP) is 1.48. The summed E-state index contributed by atoms with van der Waals surface area (Å²) >= 11 is 0. The van der Waals surface area contributed by atoms with Crippen LogP contribution in [0.4, 0.5) is 5.69 Å². The second-order valence-corrected chi connectivity index (χ2v) is 3.66. The summed E-state index contributed by atoms with van der Waals surface area (Å²) < 4.78 is 15.5. The van der Waals surface area contributed by atoms with Gasteiger partial charge in [0.15, 0.2) is 0 Å². The molecule has 0 aliphatic heterocycles. The van der Waals surface area contributed by atoms with E-state index in [2.05, 4.69) is 5.32 Å². The van der Waals surface area contributed by atoms with Gasteiger partial charge in [0.25, 0.3) is 0 Å². The molecule has 0 aromatic heterocycles. The molecular formula is C13H21NO4. The Balaban J connectivity index is 1.94. The molecule has 0 saturated carbocycles. The van der Waals surface area contributed by atoms with E-state index in [1.165, 1.54) is 0 Å². The summed E-state index contributed by atoms with van der Waals surface area (Å²) in [6.07, 6.45) is 0. The topological polar surface area (TPSA) is 60.0 Å². The highest BCUT2D eigenvalue weighted by Crippen LogP contribution is 2.20. The van der Waals surface area contributed by atoms with Gasteiger partial charge in [-0.15, -0.1) is 0 Å². The Morgan fingerprint density at radius 2 is 1.67 bits per heavy atom. The van der Waals surface area contributed by atoms with Crippen LogP contribution >= 0.6 is 0 Å². The van der Waals surface area contributed by atoms with Gasteiger partial charge in [-0.2, -0.15) is 0 Å². The van der Waals surface area contributed by atoms with Crippen molar-refractivity contribution in [3.63, 3.8) is 0 Å². The summed E-state index contributed by atoms with van der Waals surface area (Å²) in [5, 5.41) is 12.6. The van der Waals surface area contributed by atoms with E-state index in [0.717, 1.165) is 5.69 Å². The largest absolute Gasteiger partial charge is 0.506 e. The van der Waals surface area contributed by atoms with E-state index in [1.807, 2.05) is 12.1 Å². The summed E-state index contributed by atoms with van der Waals surface area (Å²) in [6, 6.07) is 7.12. The quantitative estimate of drug-likeness (QED) is 0.490. The smallest absolute Gasteiger partial charge is 0.138 e. The van der Waals surface area contributed by atoms with Crippen LogP contribution in [0.25, 0.3) is 0 Å². The molecule has 5 nitrogen and oxygen atoms in total. The SMILES string of the molecule is COCCOCCOCCNc1ccccc1O. The lowest BCUT2D eigenvalue weighted by atomic mass is 10.3. The highest BCUT2D eigenvalue weighted by Gasteiger charge is 1.97. The number of aromatic hydroxyl groups is 1. The molecule has 5 heteroatoms. The van der Waals surface area contributed by atoms with Crippen LogP contribution in [-0.2, 0) is 14.2 Å². The van der Waals surface area contributed by atoms with Gasteiger partial charge in [0, 0.05) is 13.7 Å². The van der Waals surface area contributed by atoms with Gasteiger partial charge in [-0.25, -0.2) is 0 Å². The van der Waals surface area contributed by atoms with Gasteiger partial charge < -0.3 is 24.6 Å². The molecule has 0 aliphatic rings. The molecule has 0 unspecified atom stereocenters. The Hall–Kier alpha value is -1.30. The number of phenolic OH excluding ortho intramolecular Hbond substituents is 1. The molecule has 0 fully saturated rings. The predicted molar refractivity (Wildman–Crippen MR) is 70.1 cm³/mol. The highest BCUT2D eigenvalue weighted by molar-refractivity contribution is 5.55. The van der Waals surface area contributed by atoms with Crippen molar-refractivity contribution in [2.24, 2.45) is 0 Å². The fourth-order valence-electron chi connectivity index (χ4n) is 1.35. The molecule has 0 heterocycles. The second kappa shape index (κ2) is 9.70. The molecule has 0 bridgehead atoms. The second-order valence-electron chi connectivity index (χ2n) is 3.66. The summed E-state index contributed by atoms with van der Waals surface area (Å²) in [5.74, 6) is 0.250. The van der Waals surface area contributed by atoms with Crippen molar-refractivity contribution >= 4 is 5.69 Å². The zero-order valence-corrected chi connectivity index (χ0v) is 10.7. The lowest BCUT2D eigenvalue weighted by Crippen LogP contribution is -2.13. The van der Waals surface area contributed by atoms with Crippen LogP contribution in [0.1, 0.15) is 0 Å². The third-order valence-corrected chi connectivity index (χ3v) is 2.27.